The van der Waals surface area contributed by atoms with Gasteiger partial charge in [0, 0.05) is 0 Å². The van der Waals surface area contributed by atoms with Crippen molar-refractivity contribution in [3.05, 3.63) is 60.5 Å². The van der Waals surface area contributed by atoms with Crippen LogP contribution >= 0.6 is 0 Å². The molecule has 1 aromatic carbocycles. The van der Waals surface area contributed by atoms with E-state index in [0.29, 0.717) is 12.0 Å². The van der Waals surface area contributed by atoms with Crippen molar-refractivity contribution in [1.29, 1.82) is 0 Å². The molecule has 0 spiro atoms. The van der Waals surface area contributed by atoms with Gasteiger partial charge in [-0.25, -0.2) is 10.3 Å². The number of allylic oxidation sites excluding steroid dienone is 2. The van der Waals surface area contributed by atoms with Gasteiger partial charge in [0.25, 0.3) is 0 Å². The van der Waals surface area contributed by atoms with Crippen molar-refractivity contribution in [3.63, 3.8) is 0 Å². The number of nitrogens with two attached hydrogens (primary N) is 1. The molecule has 0 aromatic heterocycles. The Morgan fingerprint density at radius 2 is 1.74 bits per heavy atom. The van der Waals surface area contributed by atoms with E-state index >= 15 is 0 Å². The van der Waals surface area contributed by atoms with Crippen LogP contribution in [0.5, 0.6) is 0 Å². The van der Waals surface area contributed by atoms with Crippen LogP contribution in [0.3, 0.4) is 0 Å². The van der Waals surface area contributed by atoms with Crippen LogP contribution in [0.25, 0.3) is 0 Å². The summed E-state index contributed by atoms with van der Waals surface area (Å²) in [6.45, 7) is 17.9. The van der Waals surface area contributed by atoms with Crippen molar-refractivity contribution < 1.29 is 9.23 Å². The second-order valence-corrected chi connectivity index (χ2v) is 9.34. The Hall–Kier alpha value is -1.45. The number of hydrogen-bond donors (Lipinski definition) is 1. The minimum absolute atomic E-state index is 0.249. The average Bonchev–Trinajstić information content (AvgIpc) is 2.78. The first-order valence-corrected chi connectivity index (χ1v) is 12.2. The lowest BCUT2D eigenvalue weighted by atomic mass is 9.51. The Bertz CT molecular complexity index is 655. The van der Waals surface area contributed by atoms with Crippen molar-refractivity contribution in [2.24, 2.45) is 35.0 Å². The molecule has 0 saturated heterocycles. The predicted molar refractivity (Wildman–Crippen MR) is 132 cm³/mol. The molecule has 31 heavy (non-hydrogen) atoms. The molecule has 176 valence electrons. The molecule has 0 aliphatic heterocycles. The molecule has 3 aliphatic carbocycles. The maximum absolute atomic E-state index is 12.3. The first kappa shape index (κ1) is 27.6. The number of halogens is 1. The van der Waals surface area contributed by atoms with Gasteiger partial charge in [-0.05, 0) is 78.9 Å². The highest BCUT2D eigenvalue weighted by atomic mass is 19.1. The largest absolute Gasteiger partial charge is 0.300 e. The molecule has 2 N–H and O–H groups in total. The first-order chi connectivity index (χ1) is 14.9. The van der Waals surface area contributed by atoms with Crippen molar-refractivity contribution in [3.8, 4) is 0 Å². The van der Waals surface area contributed by atoms with Gasteiger partial charge < -0.3 is 0 Å². The molecular formula is C28H46FNO. The number of rotatable bonds is 2. The van der Waals surface area contributed by atoms with Crippen LogP contribution in [0.1, 0.15) is 85.1 Å². The second-order valence-electron chi connectivity index (χ2n) is 9.34. The monoisotopic (exact) mass is 431 g/mol. The van der Waals surface area contributed by atoms with Crippen molar-refractivity contribution in [2.45, 2.75) is 86.2 Å². The van der Waals surface area contributed by atoms with E-state index in [2.05, 4.69) is 44.8 Å². The highest BCUT2D eigenvalue weighted by Crippen LogP contribution is 2.58. The lowest BCUT2D eigenvalue weighted by Gasteiger charge is -2.54. The minimum atomic E-state index is -0.249. The number of hydrogen-bond acceptors (Lipinski definition) is 2. The summed E-state index contributed by atoms with van der Waals surface area (Å²) in [5, 5.41) is 0. The van der Waals surface area contributed by atoms with Gasteiger partial charge in [-0.2, -0.15) is 0 Å². The lowest BCUT2D eigenvalue weighted by Crippen LogP contribution is -2.44. The van der Waals surface area contributed by atoms with Crippen LogP contribution in [0.4, 0.5) is 4.39 Å². The molecule has 0 bridgehead atoms. The van der Waals surface area contributed by atoms with E-state index in [-0.39, 0.29) is 5.82 Å². The third-order valence-corrected chi connectivity index (χ3v) is 7.38. The quantitative estimate of drug-likeness (QED) is 0.378. The highest BCUT2D eigenvalue weighted by molar-refractivity contribution is 5.25. The zero-order valence-corrected chi connectivity index (χ0v) is 20.6. The first-order valence-electron chi connectivity index (χ1n) is 12.2. The smallest absolute Gasteiger partial charge is 0.123 e. The third kappa shape index (κ3) is 7.29. The van der Waals surface area contributed by atoms with Crippen molar-refractivity contribution in [1.82, 2.24) is 0 Å². The predicted octanol–water partition coefficient (Wildman–Crippen LogP) is 8.24. The average molecular weight is 432 g/mol. The maximum atomic E-state index is 12.3. The van der Waals surface area contributed by atoms with E-state index in [4.69, 9.17) is 5.90 Å². The second kappa shape index (κ2) is 13.9. The van der Waals surface area contributed by atoms with Crippen LogP contribution in [-0.2, 0) is 11.4 Å². The van der Waals surface area contributed by atoms with E-state index in [1.165, 1.54) is 57.1 Å². The van der Waals surface area contributed by atoms with Gasteiger partial charge in [-0.3, -0.25) is 4.84 Å². The van der Waals surface area contributed by atoms with Crippen molar-refractivity contribution >= 4 is 0 Å². The molecule has 3 unspecified atom stereocenters. The van der Waals surface area contributed by atoms with Crippen LogP contribution in [0, 0.1) is 34.9 Å². The molecule has 3 heteroatoms. The fraction of sp³-hybridized carbons (Fsp3) is 0.643. The van der Waals surface area contributed by atoms with E-state index in [0.717, 1.165) is 29.2 Å². The molecule has 2 saturated carbocycles. The molecule has 1 aromatic rings. The Labute approximate surface area is 191 Å². The molecule has 2 fully saturated rings. The lowest BCUT2D eigenvalue weighted by molar-refractivity contribution is 0.0442. The summed E-state index contributed by atoms with van der Waals surface area (Å²) in [6.07, 6.45) is 12.9. The standard InChI is InChI=1S/C17H28.C7H8FNO.C2H6.C2H4/c1-12-6-8-16-14(11-12)7-9-15-13(2)5-4-10-17(15,16)3;8-7-3-1-6(2-4-7)5-10-9;2*1-2/h8,12-15H,4-7,9-11H2,1-3H3;1-4H,5,9H2;1-2H3;1-2H2/t12?,13-,14?,15?,17-;;;/m1.../s1. The normalized spacial score (nSPS) is 31.0. The van der Waals surface area contributed by atoms with E-state index in [1.807, 2.05) is 19.4 Å². The topological polar surface area (TPSA) is 35.2 Å². The number of fused-ring (bicyclic) bond motifs is 3. The molecule has 0 radical (unpaired) electrons. The van der Waals surface area contributed by atoms with Crippen LogP contribution in [0.15, 0.2) is 49.1 Å². The van der Waals surface area contributed by atoms with Gasteiger partial charge in [0.2, 0.25) is 0 Å². The van der Waals surface area contributed by atoms with Gasteiger partial charge in [0.15, 0.2) is 0 Å². The Kier molecular flexibility index (Phi) is 12.3. The molecule has 3 aliphatic rings. The summed E-state index contributed by atoms with van der Waals surface area (Å²) in [7, 11) is 0. The van der Waals surface area contributed by atoms with E-state index < -0.39 is 0 Å². The molecule has 4 rings (SSSR count). The molecular weight excluding hydrogens is 385 g/mol. The highest BCUT2D eigenvalue weighted by Gasteiger charge is 2.48. The summed E-state index contributed by atoms with van der Waals surface area (Å²) >= 11 is 0. The Morgan fingerprint density at radius 3 is 2.35 bits per heavy atom. The van der Waals surface area contributed by atoms with Crippen LogP contribution < -0.4 is 5.90 Å². The van der Waals surface area contributed by atoms with Crippen molar-refractivity contribution in [2.75, 3.05) is 0 Å². The minimum Gasteiger partial charge on any atom is -0.300 e. The summed E-state index contributed by atoms with van der Waals surface area (Å²) in [6, 6.07) is 5.99. The van der Waals surface area contributed by atoms with Crippen LogP contribution in [0.2, 0.25) is 0 Å². The van der Waals surface area contributed by atoms with Gasteiger partial charge in [0.05, 0.1) is 6.61 Å². The fourth-order valence-electron chi connectivity index (χ4n) is 6.00. The Morgan fingerprint density at radius 1 is 1.10 bits per heavy atom. The third-order valence-electron chi connectivity index (χ3n) is 7.38. The molecule has 2 nitrogen and oxygen atoms in total. The molecule has 0 heterocycles. The van der Waals surface area contributed by atoms with Gasteiger partial charge in [0.1, 0.15) is 5.82 Å². The summed E-state index contributed by atoms with van der Waals surface area (Å²) < 4.78 is 12.3. The fourth-order valence-corrected chi connectivity index (χ4v) is 6.00. The van der Waals surface area contributed by atoms with Gasteiger partial charge in [-0.15, -0.1) is 13.2 Å². The zero-order chi connectivity index (χ0) is 23.4. The Balaban J connectivity index is 0.000000295. The zero-order valence-electron chi connectivity index (χ0n) is 20.6. The summed E-state index contributed by atoms with van der Waals surface area (Å²) in [5.74, 6) is 8.40. The van der Waals surface area contributed by atoms with E-state index in [9.17, 15) is 4.39 Å². The van der Waals surface area contributed by atoms with Gasteiger partial charge in [-0.1, -0.05) is 71.2 Å². The molecule has 5 atom stereocenters. The maximum Gasteiger partial charge on any atom is 0.123 e. The van der Waals surface area contributed by atoms with Gasteiger partial charge >= 0.3 is 0 Å². The number of benzene rings is 1. The van der Waals surface area contributed by atoms with E-state index in [1.54, 1.807) is 12.1 Å². The molecule has 0 amide bonds. The summed E-state index contributed by atoms with van der Waals surface area (Å²) in [4.78, 5) is 4.35. The van der Waals surface area contributed by atoms with Crippen LogP contribution in [-0.4, -0.2) is 0 Å². The summed E-state index contributed by atoms with van der Waals surface area (Å²) in [5.41, 5.74) is 3.34. The SMILES string of the molecule is C=C.CC.CC1CC=C2C(CCC3[C@H](C)CCC[C@@]23C)C1.NOCc1ccc(F)cc1.